The molecule has 0 amide bonds. The Bertz CT molecular complexity index is 891. The maximum absolute atomic E-state index is 10.5. The van der Waals surface area contributed by atoms with E-state index in [-0.39, 0.29) is 6.04 Å². The highest BCUT2D eigenvalue weighted by atomic mass is 16.4. The third-order valence-corrected chi connectivity index (χ3v) is 5.02. The number of aromatic nitrogens is 3. The number of hydrogen-bond donors (Lipinski definition) is 1. The highest BCUT2D eigenvalue weighted by molar-refractivity contribution is 5.84. The number of β-amino-alcohol motifs (C(OH)–C–C–N with tert-alkyl or cyclic N) is 1. The normalized spacial score (nSPS) is 21.1. The molecule has 2 atom stereocenters. The first-order valence-electron chi connectivity index (χ1n) is 8.81. The van der Waals surface area contributed by atoms with Crippen LogP contribution in [-0.4, -0.2) is 62.4 Å². The van der Waals surface area contributed by atoms with Crippen LogP contribution in [0.2, 0.25) is 0 Å². The smallest absolute Gasteiger partial charge is 0.230 e. The van der Waals surface area contributed by atoms with Crippen molar-refractivity contribution in [1.82, 2.24) is 25.0 Å². The molecule has 3 aromatic rings. The Balaban J connectivity index is 1.44. The van der Waals surface area contributed by atoms with Crippen molar-refractivity contribution < 1.29 is 9.52 Å². The number of nitrogens with zero attached hydrogens (tertiary/aromatic N) is 5. The summed E-state index contributed by atoms with van der Waals surface area (Å²) in [6.45, 7) is 4.58. The molecule has 0 bridgehead atoms. The third-order valence-electron chi connectivity index (χ3n) is 5.02. The van der Waals surface area contributed by atoms with E-state index in [2.05, 4.69) is 49.2 Å². The van der Waals surface area contributed by atoms with E-state index in [0.717, 1.165) is 18.5 Å². The van der Waals surface area contributed by atoms with E-state index in [9.17, 15) is 5.11 Å². The SMILES string of the molecule is Cc1nnc(CN(C)[C@H]2CN(Cc3cccc4cnccc34)C[C@H]2O)o1. The van der Waals surface area contributed by atoms with Crippen LogP contribution < -0.4 is 0 Å². The predicted octanol–water partition coefficient (Wildman–Crippen LogP) is 1.60. The van der Waals surface area contributed by atoms with Gasteiger partial charge in [0.2, 0.25) is 11.8 Å². The number of hydrogen-bond acceptors (Lipinski definition) is 7. The Morgan fingerprint density at radius 1 is 1.27 bits per heavy atom. The van der Waals surface area contributed by atoms with Gasteiger partial charge in [-0.2, -0.15) is 0 Å². The van der Waals surface area contributed by atoms with Crippen molar-refractivity contribution in [3.8, 4) is 0 Å². The highest BCUT2D eigenvalue weighted by Gasteiger charge is 2.34. The number of likely N-dealkylation sites (tertiary alicyclic amines) is 1. The molecule has 3 heterocycles. The van der Waals surface area contributed by atoms with Gasteiger partial charge >= 0.3 is 0 Å². The van der Waals surface area contributed by atoms with Crippen LogP contribution in [0.5, 0.6) is 0 Å². The summed E-state index contributed by atoms with van der Waals surface area (Å²) in [5.41, 5.74) is 1.26. The summed E-state index contributed by atoms with van der Waals surface area (Å²) in [4.78, 5) is 8.57. The van der Waals surface area contributed by atoms with Crippen molar-refractivity contribution in [2.24, 2.45) is 0 Å². The minimum Gasteiger partial charge on any atom is -0.424 e. The molecule has 1 aliphatic heterocycles. The largest absolute Gasteiger partial charge is 0.424 e. The first-order valence-corrected chi connectivity index (χ1v) is 8.81. The molecule has 1 saturated heterocycles. The molecule has 0 saturated carbocycles. The molecule has 0 unspecified atom stereocenters. The standard InChI is InChI=1S/C19H23N5O2/c1-13-21-22-19(26-13)12-23(2)17-10-24(11-18(17)25)9-15-5-3-4-14-8-20-7-6-16(14)15/h3-8,17-18,25H,9-12H2,1-2H3/t17-,18+/m0/s1. The first kappa shape index (κ1) is 17.1. The molecule has 1 aliphatic rings. The summed E-state index contributed by atoms with van der Waals surface area (Å²) in [5, 5.41) is 20.8. The van der Waals surface area contributed by atoms with E-state index in [1.807, 2.05) is 19.4 Å². The number of fused-ring (bicyclic) bond motifs is 1. The molecule has 7 heteroatoms. The molecule has 26 heavy (non-hydrogen) atoms. The van der Waals surface area contributed by atoms with Crippen molar-refractivity contribution in [1.29, 1.82) is 0 Å². The minimum atomic E-state index is -0.402. The van der Waals surface area contributed by atoms with Gasteiger partial charge in [0.25, 0.3) is 0 Å². The Morgan fingerprint density at radius 3 is 2.96 bits per heavy atom. The lowest BCUT2D eigenvalue weighted by molar-refractivity contribution is 0.0899. The van der Waals surface area contributed by atoms with Crippen LogP contribution in [0.3, 0.4) is 0 Å². The van der Waals surface area contributed by atoms with Gasteiger partial charge in [-0.05, 0) is 24.1 Å². The first-order chi connectivity index (χ1) is 12.6. The van der Waals surface area contributed by atoms with Crippen molar-refractivity contribution >= 4 is 10.8 Å². The lowest BCUT2D eigenvalue weighted by Gasteiger charge is -2.25. The molecule has 0 spiro atoms. The van der Waals surface area contributed by atoms with Crippen LogP contribution in [0.25, 0.3) is 10.8 Å². The zero-order valence-electron chi connectivity index (χ0n) is 15.0. The predicted molar refractivity (Wildman–Crippen MR) is 97.3 cm³/mol. The lowest BCUT2D eigenvalue weighted by Crippen LogP contribution is -2.40. The van der Waals surface area contributed by atoms with Crippen molar-refractivity contribution in [3.05, 3.63) is 54.0 Å². The highest BCUT2D eigenvalue weighted by Crippen LogP contribution is 2.23. The van der Waals surface area contributed by atoms with Gasteiger partial charge in [0.15, 0.2) is 0 Å². The molecule has 0 radical (unpaired) electrons. The summed E-state index contributed by atoms with van der Waals surface area (Å²) in [6.07, 6.45) is 3.31. The summed E-state index contributed by atoms with van der Waals surface area (Å²) in [5.74, 6) is 1.14. The second-order valence-electron chi connectivity index (χ2n) is 6.97. The fourth-order valence-electron chi connectivity index (χ4n) is 3.71. The third kappa shape index (κ3) is 3.46. The number of aryl methyl sites for hydroxylation is 1. The summed E-state index contributed by atoms with van der Waals surface area (Å²) < 4.78 is 5.45. The fraction of sp³-hybridized carbons (Fsp3) is 0.421. The number of aliphatic hydroxyl groups excluding tert-OH is 1. The molecule has 7 nitrogen and oxygen atoms in total. The molecule has 1 N–H and O–H groups in total. The average molecular weight is 353 g/mol. The quantitative estimate of drug-likeness (QED) is 0.746. The van der Waals surface area contributed by atoms with E-state index in [4.69, 9.17) is 4.42 Å². The van der Waals surface area contributed by atoms with E-state index >= 15 is 0 Å². The summed E-state index contributed by atoms with van der Waals surface area (Å²) in [6, 6.07) is 8.38. The summed E-state index contributed by atoms with van der Waals surface area (Å²) >= 11 is 0. The van der Waals surface area contributed by atoms with Gasteiger partial charge in [0, 0.05) is 50.4 Å². The van der Waals surface area contributed by atoms with E-state index in [1.54, 1.807) is 6.92 Å². The van der Waals surface area contributed by atoms with Gasteiger partial charge in [-0.15, -0.1) is 10.2 Å². The Hall–Kier alpha value is -2.35. The van der Waals surface area contributed by atoms with Crippen LogP contribution in [0.1, 0.15) is 17.3 Å². The molecule has 2 aromatic heterocycles. The number of rotatable bonds is 5. The number of pyridine rings is 1. The van der Waals surface area contributed by atoms with Gasteiger partial charge in [0.1, 0.15) is 0 Å². The topological polar surface area (TPSA) is 78.5 Å². The maximum atomic E-state index is 10.5. The van der Waals surface area contributed by atoms with E-state index < -0.39 is 6.10 Å². The number of likely N-dealkylation sites (N-methyl/N-ethyl adjacent to an activating group) is 1. The zero-order chi connectivity index (χ0) is 18.1. The molecular weight excluding hydrogens is 330 g/mol. The molecule has 4 rings (SSSR count). The monoisotopic (exact) mass is 353 g/mol. The second-order valence-corrected chi connectivity index (χ2v) is 6.97. The average Bonchev–Trinajstić information content (AvgIpc) is 3.20. The minimum absolute atomic E-state index is 0.0406. The van der Waals surface area contributed by atoms with Crippen molar-refractivity contribution in [3.63, 3.8) is 0 Å². The number of benzene rings is 1. The fourth-order valence-corrected chi connectivity index (χ4v) is 3.71. The van der Waals surface area contributed by atoms with Gasteiger partial charge in [0.05, 0.1) is 12.6 Å². The van der Waals surface area contributed by atoms with Crippen LogP contribution >= 0.6 is 0 Å². The molecule has 136 valence electrons. The molecular formula is C19H23N5O2. The zero-order valence-corrected chi connectivity index (χ0v) is 15.0. The Kier molecular flexibility index (Phi) is 4.67. The molecule has 1 fully saturated rings. The van der Waals surface area contributed by atoms with Crippen molar-refractivity contribution in [2.75, 3.05) is 20.1 Å². The lowest BCUT2D eigenvalue weighted by atomic mass is 10.1. The van der Waals surface area contributed by atoms with Crippen LogP contribution in [0.15, 0.2) is 41.1 Å². The van der Waals surface area contributed by atoms with Crippen LogP contribution in [0.4, 0.5) is 0 Å². The van der Waals surface area contributed by atoms with E-state index in [1.165, 1.54) is 10.9 Å². The van der Waals surface area contributed by atoms with Gasteiger partial charge in [-0.3, -0.25) is 14.8 Å². The van der Waals surface area contributed by atoms with Crippen LogP contribution in [0, 0.1) is 6.92 Å². The van der Waals surface area contributed by atoms with Gasteiger partial charge in [-0.25, -0.2) is 0 Å². The Morgan fingerprint density at radius 2 is 2.15 bits per heavy atom. The van der Waals surface area contributed by atoms with Crippen LogP contribution in [-0.2, 0) is 13.1 Å². The van der Waals surface area contributed by atoms with E-state index in [0.29, 0.717) is 24.9 Å². The molecule has 0 aliphatic carbocycles. The van der Waals surface area contributed by atoms with Gasteiger partial charge < -0.3 is 9.52 Å². The maximum Gasteiger partial charge on any atom is 0.230 e. The summed E-state index contributed by atoms with van der Waals surface area (Å²) in [7, 11) is 1.99. The van der Waals surface area contributed by atoms with Gasteiger partial charge in [-0.1, -0.05) is 18.2 Å². The second kappa shape index (κ2) is 7.11. The molecule has 1 aromatic carbocycles. The number of aliphatic hydroxyl groups is 1. The Labute approximate surface area is 152 Å². The van der Waals surface area contributed by atoms with Crippen molar-refractivity contribution in [2.45, 2.75) is 32.2 Å².